The van der Waals surface area contributed by atoms with Gasteiger partial charge in [-0.2, -0.15) is 5.26 Å². The molecule has 64 valence electrons. The summed E-state index contributed by atoms with van der Waals surface area (Å²) >= 11 is 0. The van der Waals surface area contributed by atoms with Gasteiger partial charge in [-0.1, -0.05) is 0 Å². The van der Waals surface area contributed by atoms with Gasteiger partial charge < -0.3 is 0 Å². The molecular weight excluding hydrogens is 181 g/mol. The largest absolute Gasteiger partial charge is 0.258 e. The number of nitriles is 1. The first-order chi connectivity index (χ1) is 6.11. The van der Waals surface area contributed by atoms with Crippen molar-refractivity contribution in [3.8, 4) is 6.07 Å². The molecule has 0 atom stereocenters. The van der Waals surface area contributed by atoms with E-state index >= 15 is 0 Å². The van der Waals surface area contributed by atoms with Crippen molar-refractivity contribution in [2.75, 3.05) is 0 Å². The van der Waals surface area contributed by atoms with Crippen LogP contribution >= 0.6 is 0 Å². The summed E-state index contributed by atoms with van der Waals surface area (Å²) in [5.74, 6) is -4.05. The molecule has 0 saturated heterocycles. The van der Waals surface area contributed by atoms with Gasteiger partial charge in [-0.15, -0.1) is 0 Å². The summed E-state index contributed by atoms with van der Waals surface area (Å²) in [6.07, 6.45) is 0. The molecule has 0 bridgehead atoms. The van der Waals surface area contributed by atoms with Crippen molar-refractivity contribution in [3.63, 3.8) is 0 Å². The Morgan fingerprint density at radius 2 is 1.92 bits per heavy atom. The van der Waals surface area contributed by atoms with Crippen molar-refractivity contribution in [3.05, 3.63) is 40.5 Å². The molecule has 1 rings (SSSR count). The van der Waals surface area contributed by atoms with Crippen LogP contribution in [0.5, 0.6) is 0 Å². The minimum atomic E-state index is -1.45. The lowest BCUT2D eigenvalue weighted by Gasteiger charge is -1.98. The molecule has 0 N–H and O–H groups in total. The first-order valence-electron chi connectivity index (χ1n) is 3.07. The second-order valence-corrected chi connectivity index (χ2v) is 2.10. The van der Waals surface area contributed by atoms with Crippen molar-refractivity contribution in [1.82, 2.24) is 0 Å². The fraction of sp³-hybridized carbons (Fsp3) is 0. The molecule has 0 unspecified atom stereocenters. The number of nitrogens with zero attached hydrogens (tertiary/aromatic N) is 2. The van der Waals surface area contributed by atoms with Gasteiger partial charge in [0.1, 0.15) is 23.3 Å². The molecule has 0 fully saturated rings. The van der Waals surface area contributed by atoms with Gasteiger partial charge >= 0.3 is 0 Å². The highest BCUT2D eigenvalue weighted by Crippen LogP contribution is 2.26. The van der Waals surface area contributed by atoms with Crippen molar-refractivity contribution >= 4 is 5.69 Å². The summed E-state index contributed by atoms with van der Waals surface area (Å²) in [6.45, 7) is 6.38. The fourth-order valence-corrected chi connectivity index (χ4v) is 0.785. The van der Waals surface area contributed by atoms with Crippen molar-refractivity contribution in [1.29, 1.82) is 5.26 Å². The van der Waals surface area contributed by atoms with Crippen molar-refractivity contribution in [2.45, 2.75) is 0 Å². The first-order valence-corrected chi connectivity index (χ1v) is 3.07. The molecule has 1 aromatic rings. The van der Waals surface area contributed by atoms with Gasteiger partial charge in [0.15, 0.2) is 5.82 Å². The van der Waals surface area contributed by atoms with E-state index in [1.54, 1.807) is 0 Å². The number of hydrogen-bond acceptors (Lipinski definition) is 1. The van der Waals surface area contributed by atoms with E-state index in [0.717, 1.165) is 0 Å². The third kappa shape index (κ3) is 1.32. The van der Waals surface area contributed by atoms with E-state index in [9.17, 15) is 13.2 Å². The Morgan fingerprint density at radius 3 is 2.38 bits per heavy atom. The average molecular weight is 182 g/mol. The predicted molar refractivity (Wildman–Crippen MR) is 37.3 cm³/mol. The lowest BCUT2D eigenvalue weighted by atomic mass is 10.2. The molecule has 0 amide bonds. The van der Waals surface area contributed by atoms with Crippen LogP contribution in [0.1, 0.15) is 5.56 Å². The van der Waals surface area contributed by atoms with Crippen LogP contribution < -0.4 is 0 Å². The number of hydrogen-bond donors (Lipinski definition) is 0. The zero-order valence-corrected chi connectivity index (χ0v) is 6.11. The van der Waals surface area contributed by atoms with Gasteiger partial charge in [0.25, 0.3) is 5.69 Å². The monoisotopic (exact) mass is 182 g/mol. The van der Waals surface area contributed by atoms with E-state index < -0.39 is 28.7 Å². The molecule has 13 heavy (non-hydrogen) atoms. The molecule has 1 aromatic carbocycles. The molecule has 0 aromatic heterocycles. The molecule has 0 aliphatic carbocycles. The summed E-state index contributed by atoms with van der Waals surface area (Å²) in [6, 6.07) is 1.52. The second kappa shape index (κ2) is 3.16. The van der Waals surface area contributed by atoms with Crippen LogP contribution in [-0.2, 0) is 0 Å². The molecule has 0 heterocycles. The van der Waals surface area contributed by atoms with Crippen LogP contribution in [0.3, 0.4) is 0 Å². The lowest BCUT2D eigenvalue weighted by molar-refractivity contribution is 0.546. The Kier molecular flexibility index (Phi) is 2.21. The molecule has 0 radical (unpaired) electrons. The molecule has 2 nitrogen and oxygen atoms in total. The van der Waals surface area contributed by atoms with Gasteiger partial charge in [0.2, 0.25) is 0 Å². The third-order valence-corrected chi connectivity index (χ3v) is 1.37. The standard InChI is InChI=1S/C8HF3N2/c1-13-8-6(10)2-5(9)4(3-12)7(8)11/h2H. The smallest absolute Gasteiger partial charge is 0.232 e. The second-order valence-electron chi connectivity index (χ2n) is 2.10. The van der Waals surface area contributed by atoms with Gasteiger partial charge in [0.05, 0.1) is 6.57 Å². The van der Waals surface area contributed by atoms with E-state index in [1.165, 1.54) is 6.07 Å². The SMILES string of the molecule is [C-]#[N+]c1c(F)cc(F)c(C#N)c1F. The number of benzene rings is 1. The summed E-state index contributed by atoms with van der Waals surface area (Å²) in [5, 5.41) is 8.25. The molecule has 0 aliphatic heterocycles. The van der Waals surface area contributed by atoms with Crippen LogP contribution in [0.25, 0.3) is 4.85 Å². The van der Waals surface area contributed by atoms with Crippen molar-refractivity contribution < 1.29 is 13.2 Å². The van der Waals surface area contributed by atoms with E-state index in [-0.39, 0.29) is 0 Å². The highest BCUT2D eigenvalue weighted by molar-refractivity contribution is 5.53. The molecular formula is C8HF3N2. The van der Waals surface area contributed by atoms with Crippen LogP contribution in [0.2, 0.25) is 0 Å². The van der Waals surface area contributed by atoms with Crippen LogP contribution in [0.15, 0.2) is 6.07 Å². The summed E-state index contributed by atoms with van der Waals surface area (Å²) in [4.78, 5) is 2.50. The average Bonchev–Trinajstić information content (AvgIpc) is 2.04. The first kappa shape index (κ1) is 9.08. The van der Waals surface area contributed by atoms with Gasteiger partial charge in [-0.25, -0.2) is 18.0 Å². The summed E-state index contributed by atoms with van der Waals surface area (Å²) < 4.78 is 38.1. The van der Waals surface area contributed by atoms with E-state index in [4.69, 9.17) is 11.8 Å². The topological polar surface area (TPSA) is 28.1 Å². The van der Waals surface area contributed by atoms with E-state index in [1.807, 2.05) is 0 Å². The normalized spacial score (nSPS) is 9.00. The third-order valence-electron chi connectivity index (χ3n) is 1.37. The Bertz CT molecular complexity index is 402. The Labute approximate surface area is 71.7 Å². The Morgan fingerprint density at radius 1 is 1.31 bits per heavy atom. The van der Waals surface area contributed by atoms with Gasteiger partial charge in [-0.05, 0) is 0 Å². The number of rotatable bonds is 0. The summed E-state index contributed by atoms with van der Waals surface area (Å²) in [7, 11) is 0. The van der Waals surface area contributed by atoms with Crippen LogP contribution in [0.4, 0.5) is 18.9 Å². The van der Waals surface area contributed by atoms with Gasteiger partial charge in [0, 0.05) is 6.07 Å². The van der Waals surface area contributed by atoms with E-state index in [2.05, 4.69) is 4.85 Å². The van der Waals surface area contributed by atoms with Gasteiger partial charge in [-0.3, -0.25) is 0 Å². The van der Waals surface area contributed by atoms with E-state index in [0.29, 0.717) is 6.07 Å². The van der Waals surface area contributed by atoms with Crippen LogP contribution in [-0.4, -0.2) is 0 Å². The zero-order valence-electron chi connectivity index (χ0n) is 6.11. The lowest BCUT2D eigenvalue weighted by Crippen LogP contribution is -1.92. The number of halogens is 3. The maximum Gasteiger partial charge on any atom is 0.258 e. The molecule has 0 saturated carbocycles. The fourth-order valence-electron chi connectivity index (χ4n) is 0.785. The van der Waals surface area contributed by atoms with Crippen LogP contribution in [0, 0.1) is 35.4 Å². The highest BCUT2D eigenvalue weighted by Gasteiger charge is 2.18. The summed E-state index contributed by atoms with van der Waals surface area (Å²) in [5.41, 5.74) is -1.90. The maximum atomic E-state index is 12.9. The minimum Gasteiger partial charge on any atom is -0.232 e. The zero-order chi connectivity index (χ0) is 10.0. The molecule has 0 aliphatic rings. The highest BCUT2D eigenvalue weighted by atomic mass is 19.1. The predicted octanol–water partition coefficient (Wildman–Crippen LogP) is 2.53. The Hall–Kier alpha value is -2.01. The molecule has 0 spiro atoms. The quantitative estimate of drug-likeness (QED) is 0.566. The van der Waals surface area contributed by atoms with Crippen molar-refractivity contribution in [2.24, 2.45) is 0 Å². The Balaban J connectivity index is 3.63. The molecule has 5 heteroatoms. The maximum absolute atomic E-state index is 12.9. The minimum absolute atomic E-state index is 0.314.